The molecule has 0 aliphatic rings. The lowest BCUT2D eigenvalue weighted by atomic mass is 10.2. The van der Waals surface area contributed by atoms with Gasteiger partial charge in [0.05, 0.1) is 4.90 Å². The molecule has 0 atom stereocenters. The molecule has 5 nitrogen and oxygen atoms in total. The highest BCUT2D eigenvalue weighted by molar-refractivity contribution is 7.89. The van der Waals surface area contributed by atoms with Gasteiger partial charge in [-0.1, -0.05) is 0 Å². The maximum Gasteiger partial charge on any atom is 0.241 e. The molecule has 0 bridgehead atoms. The molecular weight excluding hydrogens is 306 g/mol. The third-order valence-electron chi connectivity index (χ3n) is 3.28. The second-order valence-electron chi connectivity index (χ2n) is 5.60. The molecule has 1 rings (SSSR count). The summed E-state index contributed by atoms with van der Waals surface area (Å²) in [7, 11) is -1.55. The van der Waals surface area contributed by atoms with Crippen LogP contribution in [0.3, 0.4) is 0 Å². The van der Waals surface area contributed by atoms with Gasteiger partial charge >= 0.3 is 0 Å². The second-order valence-corrected chi connectivity index (χ2v) is 8.36. The fourth-order valence-electron chi connectivity index (χ4n) is 2.27. The first-order chi connectivity index (χ1) is 9.77. The number of rotatable bonds is 9. The topological polar surface area (TPSA) is 61.4 Å². The van der Waals surface area contributed by atoms with E-state index >= 15 is 0 Å². The molecule has 1 heterocycles. The zero-order valence-corrected chi connectivity index (χ0v) is 15.1. The van der Waals surface area contributed by atoms with Gasteiger partial charge in [-0.05, 0) is 40.8 Å². The van der Waals surface area contributed by atoms with Gasteiger partial charge in [-0.3, -0.25) is 4.90 Å². The predicted octanol–water partition coefficient (Wildman–Crippen LogP) is 1.86. The van der Waals surface area contributed by atoms with Crippen molar-refractivity contribution >= 4 is 21.4 Å². The monoisotopic (exact) mass is 333 g/mol. The number of sulfonamides is 1. The van der Waals surface area contributed by atoms with Gasteiger partial charge in [0.1, 0.15) is 0 Å². The van der Waals surface area contributed by atoms with Gasteiger partial charge in [-0.15, -0.1) is 11.3 Å². The zero-order valence-electron chi connectivity index (χ0n) is 13.5. The molecule has 0 aliphatic heterocycles. The van der Waals surface area contributed by atoms with Gasteiger partial charge in [0.15, 0.2) is 0 Å². The number of hydrogen-bond donors (Lipinski definition) is 2. The Morgan fingerprint density at radius 2 is 1.86 bits per heavy atom. The van der Waals surface area contributed by atoms with Crippen molar-refractivity contribution in [1.82, 2.24) is 14.9 Å². The first kappa shape index (κ1) is 18.6. The van der Waals surface area contributed by atoms with Crippen LogP contribution in [0.1, 0.15) is 32.6 Å². The molecule has 21 heavy (non-hydrogen) atoms. The number of nitrogens with one attached hydrogen (secondary N) is 2. The average molecular weight is 334 g/mol. The van der Waals surface area contributed by atoms with Crippen LogP contribution in [0.25, 0.3) is 0 Å². The Morgan fingerprint density at radius 3 is 2.38 bits per heavy atom. The van der Waals surface area contributed by atoms with Crippen LogP contribution in [0, 0.1) is 0 Å². The Labute approximate surface area is 132 Å². The summed E-state index contributed by atoms with van der Waals surface area (Å²) in [5, 5.41) is 4.71. The van der Waals surface area contributed by atoms with Gasteiger partial charge in [0.2, 0.25) is 10.0 Å². The quantitative estimate of drug-likeness (QED) is 0.724. The molecule has 0 fully saturated rings. The van der Waals surface area contributed by atoms with Crippen LogP contribution in [-0.4, -0.2) is 45.5 Å². The van der Waals surface area contributed by atoms with Crippen molar-refractivity contribution < 1.29 is 8.42 Å². The molecule has 1 aromatic heterocycles. The van der Waals surface area contributed by atoms with Crippen molar-refractivity contribution in [2.75, 3.05) is 20.1 Å². The largest absolute Gasteiger partial charge is 0.315 e. The van der Waals surface area contributed by atoms with Crippen LogP contribution in [0.5, 0.6) is 0 Å². The van der Waals surface area contributed by atoms with E-state index in [9.17, 15) is 8.42 Å². The highest BCUT2D eigenvalue weighted by atomic mass is 32.2. The van der Waals surface area contributed by atoms with Gasteiger partial charge in [-0.2, -0.15) is 0 Å². The van der Waals surface area contributed by atoms with Crippen LogP contribution in [0.4, 0.5) is 0 Å². The van der Waals surface area contributed by atoms with E-state index in [1.165, 1.54) is 11.3 Å². The van der Waals surface area contributed by atoms with Gasteiger partial charge in [0.25, 0.3) is 0 Å². The Kier molecular flexibility index (Phi) is 7.29. The van der Waals surface area contributed by atoms with Crippen molar-refractivity contribution in [3.05, 3.63) is 16.3 Å². The number of nitrogens with zero attached hydrogens (tertiary/aromatic N) is 1. The SMILES string of the molecule is CNCc1cc(S(=O)(=O)NCCN(C(C)C)C(C)C)cs1. The maximum absolute atomic E-state index is 12.2. The molecule has 2 N–H and O–H groups in total. The van der Waals surface area contributed by atoms with Crippen LogP contribution in [-0.2, 0) is 16.6 Å². The van der Waals surface area contributed by atoms with Crippen LogP contribution in [0.2, 0.25) is 0 Å². The average Bonchev–Trinajstić information content (AvgIpc) is 2.83. The zero-order chi connectivity index (χ0) is 16.0. The van der Waals surface area contributed by atoms with E-state index in [2.05, 4.69) is 42.6 Å². The molecule has 0 aromatic carbocycles. The molecule has 0 radical (unpaired) electrons. The molecule has 122 valence electrons. The Hall–Kier alpha value is -0.470. The summed E-state index contributed by atoms with van der Waals surface area (Å²) >= 11 is 1.46. The lowest BCUT2D eigenvalue weighted by Gasteiger charge is -2.30. The highest BCUT2D eigenvalue weighted by Gasteiger charge is 2.18. The third-order valence-corrected chi connectivity index (χ3v) is 5.81. The summed E-state index contributed by atoms with van der Waals surface area (Å²) in [4.78, 5) is 3.64. The van der Waals surface area contributed by atoms with Crippen molar-refractivity contribution in [2.45, 2.75) is 51.2 Å². The summed E-state index contributed by atoms with van der Waals surface area (Å²) in [5.74, 6) is 0. The highest BCUT2D eigenvalue weighted by Crippen LogP contribution is 2.18. The number of hydrogen-bond acceptors (Lipinski definition) is 5. The van der Waals surface area contributed by atoms with E-state index in [0.717, 1.165) is 4.88 Å². The molecule has 0 saturated heterocycles. The van der Waals surface area contributed by atoms with E-state index in [-0.39, 0.29) is 0 Å². The van der Waals surface area contributed by atoms with Gasteiger partial charge < -0.3 is 5.32 Å². The fourth-order valence-corrected chi connectivity index (χ4v) is 4.58. The summed E-state index contributed by atoms with van der Waals surface area (Å²) < 4.78 is 27.1. The minimum Gasteiger partial charge on any atom is -0.315 e. The molecule has 0 unspecified atom stereocenters. The first-order valence-corrected chi connectivity index (χ1v) is 9.61. The summed E-state index contributed by atoms with van der Waals surface area (Å²) in [6.07, 6.45) is 0. The van der Waals surface area contributed by atoms with Crippen molar-refractivity contribution in [1.29, 1.82) is 0 Å². The van der Waals surface area contributed by atoms with Crippen molar-refractivity contribution in [3.63, 3.8) is 0 Å². The standard InChI is InChI=1S/C14H27N3O2S2/c1-11(2)17(12(3)4)7-6-16-21(18,19)14-8-13(9-15-5)20-10-14/h8,10-12,15-16H,6-7,9H2,1-5H3. The van der Waals surface area contributed by atoms with E-state index in [1.54, 1.807) is 11.4 Å². The predicted molar refractivity (Wildman–Crippen MR) is 89.2 cm³/mol. The molecule has 0 amide bonds. The molecule has 7 heteroatoms. The van der Waals surface area contributed by atoms with Gasteiger partial charge in [-0.25, -0.2) is 13.1 Å². The summed E-state index contributed by atoms with van der Waals surface area (Å²) in [6, 6.07) is 2.53. The van der Waals surface area contributed by atoms with E-state index < -0.39 is 10.0 Å². The van der Waals surface area contributed by atoms with Crippen LogP contribution >= 0.6 is 11.3 Å². The fraction of sp³-hybridized carbons (Fsp3) is 0.714. The van der Waals surface area contributed by atoms with Crippen molar-refractivity contribution in [2.24, 2.45) is 0 Å². The Balaban J connectivity index is 2.60. The summed E-state index contributed by atoms with van der Waals surface area (Å²) in [6.45, 7) is 10.3. The lowest BCUT2D eigenvalue weighted by molar-refractivity contribution is 0.179. The number of thiophene rings is 1. The van der Waals surface area contributed by atoms with Crippen molar-refractivity contribution in [3.8, 4) is 0 Å². The van der Waals surface area contributed by atoms with Crippen LogP contribution < -0.4 is 10.0 Å². The molecule has 1 aromatic rings. The van der Waals surface area contributed by atoms with Crippen LogP contribution in [0.15, 0.2) is 16.3 Å². The Bertz CT molecular complexity index is 516. The lowest BCUT2D eigenvalue weighted by Crippen LogP contribution is -2.42. The second kappa shape index (κ2) is 8.24. The molecule has 0 aliphatic carbocycles. The summed E-state index contributed by atoms with van der Waals surface area (Å²) in [5.41, 5.74) is 0. The third kappa shape index (κ3) is 5.67. The van der Waals surface area contributed by atoms with E-state index in [4.69, 9.17) is 0 Å². The molecule has 0 saturated carbocycles. The Morgan fingerprint density at radius 1 is 1.24 bits per heavy atom. The molecular formula is C14H27N3O2S2. The molecule has 0 spiro atoms. The normalized spacial score (nSPS) is 12.8. The first-order valence-electron chi connectivity index (χ1n) is 7.25. The maximum atomic E-state index is 12.2. The minimum atomic E-state index is -3.40. The van der Waals surface area contributed by atoms with E-state index in [1.807, 2.05) is 7.05 Å². The minimum absolute atomic E-state index is 0.360. The smallest absolute Gasteiger partial charge is 0.241 e. The van der Waals surface area contributed by atoms with E-state index in [0.29, 0.717) is 36.6 Å². The van der Waals surface area contributed by atoms with Gasteiger partial charge in [0, 0.05) is 42.0 Å².